The van der Waals surface area contributed by atoms with E-state index in [0.717, 1.165) is 4.88 Å². The smallest absolute Gasteiger partial charge is 0.253 e. The molecule has 0 aliphatic heterocycles. The van der Waals surface area contributed by atoms with Crippen molar-refractivity contribution in [3.63, 3.8) is 0 Å². The van der Waals surface area contributed by atoms with Crippen molar-refractivity contribution in [2.24, 2.45) is 5.92 Å². The van der Waals surface area contributed by atoms with Gasteiger partial charge in [-0.3, -0.25) is 4.79 Å². The molecule has 0 saturated carbocycles. The number of hydrogen-bond donors (Lipinski definition) is 2. The van der Waals surface area contributed by atoms with Crippen LogP contribution in [0.1, 0.15) is 35.1 Å². The van der Waals surface area contributed by atoms with Crippen molar-refractivity contribution in [3.05, 3.63) is 45.2 Å². The van der Waals surface area contributed by atoms with E-state index in [2.05, 4.69) is 24.1 Å². The molecule has 0 aliphatic carbocycles. The number of nitrogens with two attached hydrogens (primary N) is 1. The second kappa shape index (κ2) is 6.24. The first-order chi connectivity index (χ1) is 9.49. The van der Waals surface area contributed by atoms with Gasteiger partial charge in [0.1, 0.15) is 5.82 Å². The molecule has 2 aromatic heterocycles. The average molecular weight is 310 g/mol. The van der Waals surface area contributed by atoms with Gasteiger partial charge in [-0.25, -0.2) is 4.98 Å². The van der Waals surface area contributed by atoms with Gasteiger partial charge in [-0.15, -0.1) is 11.3 Å². The number of nitrogens with one attached hydrogen (secondary N) is 1. The molecule has 20 heavy (non-hydrogen) atoms. The van der Waals surface area contributed by atoms with Gasteiger partial charge in [0, 0.05) is 11.1 Å². The summed E-state index contributed by atoms with van der Waals surface area (Å²) in [5, 5.41) is 5.30. The predicted octanol–water partition coefficient (Wildman–Crippen LogP) is 3.51. The van der Waals surface area contributed by atoms with Gasteiger partial charge in [0.25, 0.3) is 5.91 Å². The Labute approximate surface area is 127 Å². The highest BCUT2D eigenvalue weighted by Gasteiger charge is 2.20. The molecule has 0 bridgehead atoms. The van der Waals surface area contributed by atoms with Gasteiger partial charge in [-0.1, -0.05) is 31.5 Å². The summed E-state index contributed by atoms with van der Waals surface area (Å²) in [6.07, 6.45) is 1.43. The molecule has 3 N–H and O–H groups in total. The minimum absolute atomic E-state index is 0.0289. The van der Waals surface area contributed by atoms with Crippen LogP contribution in [0.15, 0.2) is 29.8 Å². The zero-order valence-corrected chi connectivity index (χ0v) is 12.8. The lowest BCUT2D eigenvalue weighted by atomic mass is 10.0. The number of nitrogens with zero attached hydrogens (tertiary/aromatic N) is 1. The molecular formula is C14H16ClN3OS. The SMILES string of the molecule is CC(C)C(NC(=O)c1cnc(N)c(Cl)c1)c1cccs1. The third kappa shape index (κ3) is 3.29. The molecule has 0 aliphatic rings. The minimum Gasteiger partial charge on any atom is -0.382 e. The van der Waals surface area contributed by atoms with Crippen LogP contribution >= 0.6 is 22.9 Å². The van der Waals surface area contributed by atoms with Crippen LogP contribution in [0.5, 0.6) is 0 Å². The van der Waals surface area contributed by atoms with Crippen molar-refractivity contribution in [1.29, 1.82) is 0 Å². The summed E-state index contributed by atoms with van der Waals surface area (Å²) in [6, 6.07) is 5.50. The Morgan fingerprint density at radius 3 is 2.80 bits per heavy atom. The van der Waals surface area contributed by atoms with Crippen LogP contribution in [0, 0.1) is 5.92 Å². The van der Waals surface area contributed by atoms with Gasteiger partial charge in [0.05, 0.1) is 16.6 Å². The number of rotatable bonds is 4. The number of nitrogen functional groups attached to an aromatic ring is 1. The Bertz CT molecular complexity index is 598. The number of pyridine rings is 1. The fourth-order valence-corrected chi connectivity index (χ4v) is 2.95. The molecule has 6 heteroatoms. The van der Waals surface area contributed by atoms with Crippen molar-refractivity contribution in [2.75, 3.05) is 5.73 Å². The molecule has 0 saturated heterocycles. The van der Waals surface area contributed by atoms with E-state index in [4.69, 9.17) is 17.3 Å². The lowest BCUT2D eigenvalue weighted by Crippen LogP contribution is -2.31. The molecule has 0 spiro atoms. The highest BCUT2D eigenvalue weighted by atomic mass is 35.5. The zero-order valence-electron chi connectivity index (χ0n) is 11.3. The standard InChI is InChI=1S/C14H16ClN3OS/c1-8(2)12(11-4-3-5-20-11)18-14(19)9-6-10(15)13(16)17-7-9/h3-8,12H,1-2H3,(H2,16,17)(H,18,19). The second-order valence-corrected chi connectivity index (χ2v) is 6.19. The topological polar surface area (TPSA) is 68.0 Å². The number of thiophene rings is 1. The Kier molecular flexibility index (Phi) is 4.62. The summed E-state index contributed by atoms with van der Waals surface area (Å²) in [7, 11) is 0. The quantitative estimate of drug-likeness (QED) is 0.908. The van der Waals surface area contributed by atoms with Crippen LogP contribution in [0.2, 0.25) is 5.02 Å². The summed E-state index contributed by atoms with van der Waals surface area (Å²) in [5.74, 6) is 0.309. The van der Waals surface area contributed by atoms with E-state index >= 15 is 0 Å². The maximum absolute atomic E-state index is 12.3. The molecular weight excluding hydrogens is 294 g/mol. The van der Waals surface area contributed by atoms with Crippen molar-refractivity contribution in [2.45, 2.75) is 19.9 Å². The Morgan fingerprint density at radius 2 is 2.25 bits per heavy atom. The molecule has 1 atom stereocenters. The van der Waals surface area contributed by atoms with Gasteiger partial charge in [0.2, 0.25) is 0 Å². The van der Waals surface area contributed by atoms with Crippen molar-refractivity contribution < 1.29 is 4.79 Å². The Balaban J connectivity index is 2.18. The summed E-state index contributed by atoms with van der Waals surface area (Å²) < 4.78 is 0. The summed E-state index contributed by atoms with van der Waals surface area (Å²) >= 11 is 7.52. The maximum atomic E-state index is 12.3. The molecule has 2 rings (SSSR count). The van der Waals surface area contributed by atoms with Gasteiger partial charge in [-0.05, 0) is 23.4 Å². The third-order valence-electron chi connectivity index (χ3n) is 2.93. The number of halogens is 1. The lowest BCUT2D eigenvalue weighted by Gasteiger charge is -2.21. The van der Waals surface area contributed by atoms with Crippen LogP contribution in [0.3, 0.4) is 0 Å². The van der Waals surface area contributed by atoms with E-state index < -0.39 is 0 Å². The van der Waals surface area contributed by atoms with Crippen molar-refractivity contribution in [1.82, 2.24) is 10.3 Å². The Morgan fingerprint density at radius 1 is 1.50 bits per heavy atom. The molecule has 0 aromatic carbocycles. The molecule has 106 valence electrons. The minimum atomic E-state index is -0.202. The molecule has 1 amide bonds. The fraction of sp³-hybridized carbons (Fsp3) is 0.286. The number of aromatic nitrogens is 1. The summed E-state index contributed by atoms with van der Waals surface area (Å²) in [6.45, 7) is 4.14. The molecule has 2 aromatic rings. The van der Waals surface area contributed by atoms with Crippen LogP contribution in [0.4, 0.5) is 5.82 Å². The van der Waals surface area contributed by atoms with E-state index in [1.165, 1.54) is 12.3 Å². The third-order valence-corrected chi connectivity index (χ3v) is 4.19. The first-order valence-corrected chi connectivity index (χ1v) is 7.50. The maximum Gasteiger partial charge on any atom is 0.253 e. The number of amides is 1. The van der Waals surface area contributed by atoms with E-state index in [1.807, 2.05) is 17.5 Å². The van der Waals surface area contributed by atoms with Gasteiger partial charge in [0.15, 0.2) is 0 Å². The molecule has 0 radical (unpaired) electrons. The van der Waals surface area contributed by atoms with Crippen molar-refractivity contribution in [3.8, 4) is 0 Å². The van der Waals surface area contributed by atoms with E-state index in [1.54, 1.807) is 11.3 Å². The number of carbonyl (C=O) groups is 1. The first kappa shape index (κ1) is 14.8. The molecule has 1 unspecified atom stereocenters. The van der Waals surface area contributed by atoms with Gasteiger partial charge in [-0.2, -0.15) is 0 Å². The summed E-state index contributed by atoms with van der Waals surface area (Å²) in [4.78, 5) is 17.3. The van der Waals surface area contributed by atoms with Crippen LogP contribution in [0.25, 0.3) is 0 Å². The second-order valence-electron chi connectivity index (χ2n) is 4.80. The highest BCUT2D eigenvalue weighted by molar-refractivity contribution is 7.10. The molecule has 2 heterocycles. The van der Waals surface area contributed by atoms with E-state index in [9.17, 15) is 4.79 Å². The monoisotopic (exact) mass is 309 g/mol. The van der Waals surface area contributed by atoms with Gasteiger partial charge < -0.3 is 11.1 Å². The van der Waals surface area contributed by atoms with Crippen LogP contribution in [-0.4, -0.2) is 10.9 Å². The zero-order chi connectivity index (χ0) is 14.7. The average Bonchev–Trinajstić information content (AvgIpc) is 2.92. The first-order valence-electron chi connectivity index (χ1n) is 6.24. The predicted molar refractivity (Wildman–Crippen MR) is 83.0 cm³/mol. The number of anilines is 1. The number of carbonyl (C=O) groups excluding carboxylic acids is 1. The largest absolute Gasteiger partial charge is 0.382 e. The molecule has 4 nitrogen and oxygen atoms in total. The van der Waals surface area contributed by atoms with E-state index in [0.29, 0.717) is 5.56 Å². The Hall–Kier alpha value is -1.59. The van der Waals surface area contributed by atoms with Crippen LogP contribution < -0.4 is 11.1 Å². The fourth-order valence-electron chi connectivity index (χ4n) is 1.83. The normalized spacial score (nSPS) is 12.4. The number of hydrogen-bond acceptors (Lipinski definition) is 4. The molecule has 0 fully saturated rings. The van der Waals surface area contributed by atoms with Crippen LogP contribution in [-0.2, 0) is 0 Å². The summed E-state index contributed by atoms with van der Waals surface area (Å²) in [5.41, 5.74) is 5.95. The lowest BCUT2D eigenvalue weighted by molar-refractivity contribution is 0.0926. The van der Waals surface area contributed by atoms with Crippen molar-refractivity contribution >= 4 is 34.7 Å². The van der Waals surface area contributed by atoms with Gasteiger partial charge >= 0.3 is 0 Å². The highest BCUT2D eigenvalue weighted by Crippen LogP contribution is 2.26. The van der Waals surface area contributed by atoms with E-state index in [-0.39, 0.29) is 28.7 Å².